The van der Waals surface area contributed by atoms with Gasteiger partial charge in [-0.05, 0) is 34.8 Å². The van der Waals surface area contributed by atoms with E-state index in [0.717, 1.165) is 9.99 Å². The second-order valence-corrected chi connectivity index (χ2v) is 9.27. The van der Waals surface area contributed by atoms with Gasteiger partial charge < -0.3 is 16.0 Å². The average molecular weight is 445 g/mol. The van der Waals surface area contributed by atoms with Gasteiger partial charge in [0, 0.05) is 29.2 Å². The van der Waals surface area contributed by atoms with Crippen molar-refractivity contribution in [1.29, 1.82) is 5.26 Å². The zero-order chi connectivity index (χ0) is 20.3. The third kappa shape index (κ3) is 2.92. The van der Waals surface area contributed by atoms with Crippen LogP contribution in [0.2, 0.25) is 0 Å². The van der Waals surface area contributed by atoms with E-state index in [0.29, 0.717) is 37.2 Å². The third-order valence-electron chi connectivity index (χ3n) is 5.79. The minimum absolute atomic E-state index is 0.0900. The van der Waals surface area contributed by atoms with Crippen molar-refractivity contribution in [3.63, 3.8) is 0 Å². The number of amides is 2. The Labute approximate surface area is 170 Å². The van der Waals surface area contributed by atoms with Gasteiger partial charge in [0.15, 0.2) is 0 Å². The Morgan fingerprint density at radius 1 is 1.43 bits per heavy atom. The maximum Gasteiger partial charge on any atom is 0.252 e. The van der Waals surface area contributed by atoms with E-state index < -0.39 is 11.3 Å². The molecule has 146 valence electrons. The van der Waals surface area contributed by atoms with Crippen LogP contribution in [0.5, 0.6) is 0 Å². The summed E-state index contributed by atoms with van der Waals surface area (Å²) in [6, 6.07) is 3.94. The van der Waals surface area contributed by atoms with Gasteiger partial charge in [-0.3, -0.25) is 9.59 Å². The maximum absolute atomic E-state index is 12.8. The molecule has 1 atom stereocenters. The van der Waals surface area contributed by atoms with E-state index in [1.54, 1.807) is 15.6 Å². The third-order valence-corrected chi connectivity index (χ3v) is 6.23. The molecule has 2 aromatic rings. The number of nitriles is 1. The summed E-state index contributed by atoms with van der Waals surface area (Å²) >= 11 is 3.43. The van der Waals surface area contributed by atoms with Gasteiger partial charge in [-0.1, -0.05) is 13.8 Å². The molecule has 2 fully saturated rings. The summed E-state index contributed by atoms with van der Waals surface area (Å²) in [7, 11) is 0. The molecule has 0 spiro atoms. The second-order valence-electron chi connectivity index (χ2n) is 8.35. The van der Waals surface area contributed by atoms with Crippen molar-refractivity contribution >= 4 is 38.9 Å². The molecule has 1 aliphatic heterocycles. The predicted octanol–water partition coefficient (Wildman–Crippen LogP) is 2.15. The smallest absolute Gasteiger partial charge is 0.252 e. The van der Waals surface area contributed by atoms with Gasteiger partial charge in [-0.25, -0.2) is 4.52 Å². The van der Waals surface area contributed by atoms with Crippen molar-refractivity contribution in [2.75, 3.05) is 18.4 Å². The molecular formula is C19H21BrN6O2. The van der Waals surface area contributed by atoms with Gasteiger partial charge in [0.2, 0.25) is 5.91 Å². The minimum atomic E-state index is -0.834. The highest BCUT2D eigenvalue weighted by Crippen LogP contribution is 2.48. The summed E-state index contributed by atoms with van der Waals surface area (Å²) in [5.41, 5.74) is 6.11. The standard InChI is InChI=1S/C19H21BrN6O2/c1-18(2)10-25(17(28)19(9-21)3-4-19)8-14(18)24-15-12(16(22)27)6-23-26-7-11(20)5-13(15)26/h5-7,14,24H,3-4,8,10H2,1-2H3,(H2,22,27). The number of anilines is 1. The quantitative estimate of drug-likeness (QED) is 0.748. The SMILES string of the molecule is CC1(C)CN(C(=O)C2(C#N)CC2)CC1Nc1c(C(N)=O)cnn2cc(Br)cc12. The molecule has 0 bridgehead atoms. The van der Waals surface area contributed by atoms with E-state index in [2.05, 4.69) is 46.3 Å². The number of aromatic nitrogens is 2. The average Bonchev–Trinajstić information content (AvgIpc) is 3.25. The van der Waals surface area contributed by atoms with Crippen molar-refractivity contribution in [3.05, 3.63) is 28.5 Å². The Balaban J connectivity index is 1.67. The highest BCUT2D eigenvalue weighted by Gasteiger charge is 2.55. The van der Waals surface area contributed by atoms with E-state index in [4.69, 9.17) is 5.73 Å². The Morgan fingerprint density at radius 3 is 2.75 bits per heavy atom. The number of hydrogen-bond donors (Lipinski definition) is 2. The molecule has 9 heteroatoms. The first-order valence-corrected chi connectivity index (χ1v) is 9.90. The fraction of sp³-hybridized carbons (Fsp3) is 0.474. The Kier molecular flexibility index (Phi) is 4.16. The fourth-order valence-corrected chi connectivity index (χ4v) is 4.28. The van der Waals surface area contributed by atoms with Crippen LogP contribution in [0.25, 0.3) is 5.52 Å². The molecule has 2 amide bonds. The number of hydrogen-bond acceptors (Lipinski definition) is 5. The lowest BCUT2D eigenvalue weighted by Gasteiger charge is -2.28. The Bertz CT molecular complexity index is 1030. The lowest BCUT2D eigenvalue weighted by atomic mass is 9.87. The van der Waals surface area contributed by atoms with Crippen molar-refractivity contribution in [3.8, 4) is 6.07 Å². The van der Waals surface area contributed by atoms with Gasteiger partial charge in [0.1, 0.15) is 5.41 Å². The van der Waals surface area contributed by atoms with E-state index >= 15 is 0 Å². The summed E-state index contributed by atoms with van der Waals surface area (Å²) in [6.07, 6.45) is 4.51. The molecule has 28 heavy (non-hydrogen) atoms. The van der Waals surface area contributed by atoms with Gasteiger partial charge in [-0.15, -0.1) is 0 Å². The normalized spacial score (nSPS) is 22.1. The first kappa shape index (κ1) is 18.7. The van der Waals surface area contributed by atoms with Crippen LogP contribution in [0.1, 0.15) is 37.0 Å². The van der Waals surface area contributed by atoms with Crippen LogP contribution in [0.15, 0.2) is 22.9 Å². The minimum Gasteiger partial charge on any atom is -0.377 e. The number of nitrogens with two attached hydrogens (primary N) is 1. The molecule has 0 aromatic carbocycles. The molecule has 4 rings (SSSR count). The number of rotatable bonds is 4. The molecule has 1 saturated heterocycles. The van der Waals surface area contributed by atoms with Crippen LogP contribution in [-0.4, -0.2) is 45.5 Å². The number of primary amides is 1. The molecule has 0 radical (unpaired) electrons. The van der Waals surface area contributed by atoms with Crippen LogP contribution < -0.4 is 11.1 Å². The fourth-order valence-electron chi connectivity index (χ4n) is 3.87. The highest BCUT2D eigenvalue weighted by atomic mass is 79.9. The molecule has 8 nitrogen and oxygen atoms in total. The summed E-state index contributed by atoms with van der Waals surface area (Å²) in [5, 5.41) is 17.0. The lowest BCUT2D eigenvalue weighted by Crippen LogP contribution is -2.37. The molecule has 3 N–H and O–H groups in total. The second kappa shape index (κ2) is 6.21. The number of nitrogens with one attached hydrogen (secondary N) is 1. The van der Waals surface area contributed by atoms with Crippen LogP contribution in [-0.2, 0) is 4.79 Å². The van der Waals surface area contributed by atoms with Crippen molar-refractivity contribution in [2.24, 2.45) is 16.6 Å². The number of nitrogens with zero attached hydrogens (tertiary/aromatic N) is 4. The van der Waals surface area contributed by atoms with Gasteiger partial charge in [-0.2, -0.15) is 10.4 Å². The number of likely N-dealkylation sites (tertiary alicyclic amines) is 1. The monoisotopic (exact) mass is 444 g/mol. The zero-order valence-corrected chi connectivity index (χ0v) is 17.3. The van der Waals surface area contributed by atoms with E-state index in [-0.39, 0.29) is 17.4 Å². The number of carbonyl (C=O) groups is 2. The molecule has 2 aromatic heterocycles. The zero-order valence-electron chi connectivity index (χ0n) is 15.7. The Morgan fingerprint density at radius 2 is 2.14 bits per heavy atom. The van der Waals surface area contributed by atoms with Crippen LogP contribution in [0, 0.1) is 22.2 Å². The molecule has 1 saturated carbocycles. The molecule has 2 aliphatic rings. The van der Waals surface area contributed by atoms with Crippen molar-refractivity contribution < 1.29 is 9.59 Å². The highest BCUT2D eigenvalue weighted by molar-refractivity contribution is 9.10. The van der Waals surface area contributed by atoms with Crippen LogP contribution in [0.4, 0.5) is 5.69 Å². The first-order chi connectivity index (χ1) is 13.2. The van der Waals surface area contributed by atoms with E-state index in [9.17, 15) is 14.9 Å². The number of carbonyl (C=O) groups excluding carboxylic acids is 2. The van der Waals surface area contributed by atoms with E-state index in [1.165, 1.54) is 6.20 Å². The maximum atomic E-state index is 12.8. The lowest BCUT2D eigenvalue weighted by molar-refractivity contribution is -0.134. The molecule has 3 heterocycles. The molecule has 1 aliphatic carbocycles. The summed E-state index contributed by atoms with van der Waals surface area (Å²) in [4.78, 5) is 26.6. The Hall–Kier alpha value is -2.60. The van der Waals surface area contributed by atoms with Crippen molar-refractivity contribution in [1.82, 2.24) is 14.5 Å². The summed E-state index contributed by atoms with van der Waals surface area (Å²) in [6.45, 7) is 5.15. The van der Waals surface area contributed by atoms with E-state index in [1.807, 2.05) is 6.07 Å². The van der Waals surface area contributed by atoms with Gasteiger partial charge >= 0.3 is 0 Å². The van der Waals surface area contributed by atoms with Gasteiger partial charge in [0.25, 0.3) is 5.91 Å². The topological polar surface area (TPSA) is 117 Å². The van der Waals surface area contributed by atoms with Gasteiger partial charge in [0.05, 0.1) is 35.1 Å². The number of halogens is 1. The number of fused-ring (bicyclic) bond motifs is 1. The summed E-state index contributed by atoms with van der Waals surface area (Å²) < 4.78 is 2.50. The molecule has 1 unspecified atom stereocenters. The van der Waals surface area contributed by atoms with Crippen LogP contribution >= 0.6 is 15.9 Å². The van der Waals surface area contributed by atoms with Crippen molar-refractivity contribution in [2.45, 2.75) is 32.7 Å². The van der Waals surface area contributed by atoms with Crippen LogP contribution in [0.3, 0.4) is 0 Å². The predicted molar refractivity (Wildman–Crippen MR) is 106 cm³/mol. The summed E-state index contributed by atoms with van der Waals surface area (Å²) in [5.74, 6) is -0.659. The largest absolute Gasteiger partial charge is 0.377 e. The molecular weight excluding hydrogens is 424 g/mol. The first-order valence-electron chi connectivity index (χ1n) is 9.11.